The normalized spacial score (nSPS) is 12.4. The second-order valence-corrected chi connectivity index (χ2v) is 17.2. The van der Waals surface area contributed by atoms with Crippen LogP contribution in [0.1, 0.15) is 22.3 Å². The molecule has 0 radical (unpaired) electrons. The molecule has 0 fully saturated rings. The van der Waals surface area contributed by atoms with Crippen LogP contribution >= 0.6 is 0 Å². The Balaban J connectivity index is 1.02. The molecule has 0 bridgehead atoms. The molecule has 0 aliphatic heterocycles. The van der Waals surface area contributed by atoms with Crippen LogP contribution in [0.3, 0.4) is 0 Å². The Kier molecular flexibility index (Phi) is 9.81. The molecular weight excluding hydrogens is 795 g/mol. The molecule has 0 aromatic heterocycles. The summed E-state index contributed by atoms with van der Waals surface area (Å²) in [5.74, 6) is 0. The van der Waals surface area contributed by atoms with E-state index >= 15 is 0 Å². The van der Waals surface area contributed by atoms with E-state index in [2.05, 4.69) is 278 Å². The summed E-state index contributed by atoms with van der Waals surface area (Å²) in [7, 11) is 0. The highest BCUT2D eigenvalue weighted by molar-refractivity contribution is 5.99. The highest BCUT2D eigenvalue weighted by Gasteiger charge is 2.47. The first kappa shape index (κ1) is 39.1. The van der Waals surface area contributed by atoms with Gasteiger partial charge >= 0.3 is 0 Å². The van der Waals surface area contributed by atoms with E-state index in [1.165, 1.54) is 88.7 Å². The maximum atomic E-state index is 2.46. The van der Waals surface area contributed by atoms with Crippen LogP contribution in [0.5, 0.6) is 0 Å². The van der Waals surface area contributed by atoms with Gasteiger partial charge in [0.25, 0.3) is 0 Å². The standard InChI is InChI=1S/C65H45N/c1-4-18-46(19-5-1)50-22-14-23-51(44-50)47-36-40-56(41-37-47)66(57-42-38-48(39-43-57)52-24-15-25-53(45-52)59-32-16-21-49-20-10-11-30-58(49)59)63-35-17-34-62-64(63)60-31-12-13-33-61(60)65(62,54-26-6-2-7-27-54)55-28-8-3-9-29-55/h1-45H. The molecule has 310 valence electrons. The van der Waals surface area contributed by atoms with Gasteiger partial charge in [-0.3, -0.25) is 0 Å². The highest BCUT2D eigenvalue weighted by Crippen LogP contribution is 2.59. The molecule has 0 unspecified atom stereocenters. The van der Waals surface area contributed by atoms with Crippen molar-refractivity contribution in [3.8, 4) is 55.6 Å². The SMILES string of the molecule is c1ccc(-c2cccc(-c3ccc(N(c4ccc(-c5cccc(-c6cccc7ccccc67)c5)cc4)c4cccc5c4-c4ccccc4C5(c4ccccc4)c4ccccc4)cc3)c2)cc1. The predicted molar refractivity (Wildman–Crippen MR) is 278 cm³/mol. The van der Waals surface area contributed by atoms with Crippen LogP contribution in [-0.2, 0) is 5.41 Å². The summed E-state index contributed by atoms with van der Waals surface area (Å²) in [6.07, 6.45) is 0. The number of anilines is 3. The van der Waals surface area contributed by atoms with Crippen LogP contribution in [0, 0.1) is 0 Å². The summed E-state index contributed by atoms with van der Waals surface area (Å²) in [5.41, 5.74) is 20.0. The van der Waals surface area contributed by atoms with Gasteiger partial charge in [-0.05, 0) is 126 Å². The van der Waals surface area contributed by atoms with Crippen molar-refractivity contribution in [3.05, 3.63) is 295 Å². The van der Waals surface area contributed by atoms with Gasteiger partial charge in [-0.1, -0.05) is 231 Å². The smallest absolute Gasteiger partial charge is 0.0714 e. The van der Waals surface area contributed by atoms with Gasteiger partial charge < -0.3 is 4.90 Å². The summed E-state index contributed by atoms with van der Waals surface area (Å²) in [5, 5.41) is 2.51. The molecule has 1 nitrogen and oxygen atoms in total. The third-order valence-corrected chi connectivity index (χ3v) is 13.6. The second-order valence-electron chi connectivity index (χ2n) is 17.2. The van der Waals surface area contributed by atoms with E-state index in [-0.39, 0.29) is 0 Å². The van der Waals surface area contributed by atoms with E-state index in [9.17, 15) is 0 Å². The third kappa shape index (κ3) is 6.64. The molecule has 0 atom stereocenters. The van der Waals surface area contributed by atoms with Gasteiger partial charge in [0.15, 0.2) is 0 Å². The maximum absolute atomic E-state index is 2.46. The van der Waals surface area contributed by atoms with Gasteiger partial charge in [0, 0.05) is 16.9 Å². The fourth-order valence-electron chi connectivity index (χ4n) is 10.5. The van der Waals surface area contributed by atoms with Gasteiger partial charge in [-0.25, -0.2) is 0 Å². The molecule has 1 aliphatic carbocycles. The molecule has 0 saturated carbocycles. The molecule has 0 saturated heterocycles. The minimum absolute atomic E-state index is 0.511. The van der Waals surface area contributed by atoms with Crippen molar-refractivity contribution in [1.29, 1.82) is 0 Å². The molecular formula is C65H45N. The average molecular weight is 840 g/mol. The second kappa shape index (κ2) is 16.6. The lowest BCUT2D eigenvalue weighted by Crippen LogP contribution is -2.28. The molecule has 0 N–H and O–H groups in total. The quantitative estimate of drug-likeness (QED) is 0.140. The zero-order valence-electron chi connectivity index (χ0n) is 36.4. The van der Waals surface area contributed by atoms with E-state index in [0.717, 1.165) is 17.1 Å². The minimum atomic E-state index is -0.511. The van der Waals surface area contributed by atoms with E-state index in [4.69, 9.17) is 0 Å². The molecule has 11 aromatic carbocycles. The molecule has 66 heavy (non-hydrogen) atoms. The van der Waals surface area contributed by atoms with Crippen LogP contribution < -0.4 is 4.90 Å². The Labute approximate surface area is 387 Å². The van der Waals surface area contributed by atoms with Gasteiger partial charge in [-0.2, -0.15) is 0 Å². The molecule has 0 heterocycles. The lowest BCUT2D eigenvalue weighted by atomic mass is 9.68. The molecule has 11 aromatic rings. The van der Waals surface area contributed by atoms with Crippen molar-refractivity contribution >= 4 is 27.8 Å². The van der Waals surface area contributed by atoms with Crippen LogP contribution in [-0.4, -0.2) is 0 Å². The van der Waals surface area contributed by atoms with E-state index in [1.807, 2.05) is 0 Å². The highest BCUT2D eigenvalue weighted by atomic mass is 15.1. The first-order valence-electron chi connectivity index (χ1n) is 22.8. The minimum Gasteiger partial charge on any atom is -0.310 e. The lowest BCUT2D eigenvalue weighted by molar-refractivity contribution is 0.768. The van der Waals surface area contributed by atoms with Crippen LogP contribution in [0.4, 0.5) is 17.1 Å². The van der Waals surface area contributed by atoms with Gasteiger partial charge in [0.2, 0.25) is 0 Å². The fourth-order valence-corrected chi connectivity index (χ4v) is 10.5. The summed E-state index contributed by atoms with van der Waals surface area (Å²) in [6.45, 7) is 0. The van der Waals surface area contributed by atoms with Gasteiger partial charge in [0.05, 0.1) is 11.1 Å². The van der Waals surface area contributed by atoms with E-state index in [0.29, 0.717) is 0 Å². The summed E-state index contributed by atoms with van der Waals surface area (Å²) >= 11 is 0. The first-order valence-corrected chi connectivity index (χ1v) is 22.8. The average Bonchev–Trinajstić information content (AvgIpc) is 3.71. The summed E-state index contributed by atoms with van der Waals surface area (Å²) < 4.78 is 0. The third-order valence-electron chi connectivity index (χ3n) is 13.6. The zero-order chi connectivity index (χ0) is 43.9. The molecule has 1 heteroatoms. The Hall–Kier alpha value is -8.52. The molecule has 12 rings (SSSR count). The van der Waals surface area contributed by atoms with Crippen molar-refractivity contribution < 1.29 is 0 Å². The van der Waals surface area contributed by atoms with E-state index in [1.54, 1.807) is 0 Å². The number of rotatable bonds is 9. The number of hydrogen-bond donors (Lipinski definition) is 0. The number of benzene rings is 11. The van der Waals surface area contributed by atoms with E-state index < -0.39 is 5.41 Å². The van der Waals surface area contributed by atoms with Gasteiger partial charge in [0.1, 0.15) is 0 Å². The Morgan fingerprint density at radius 2 is 0.697 bits per heavy atom. The van der Waals surface area contributed by atoms with Crippen molar-refractivity contribution in [2.75, 3.05) is 4.90 Å². The number of fused-ring (bicyclic) bond motifs is 4. The Morgan fingerprint density at radius 3 is 1.33 bits per heavy atom. The van der Waals surface area contributed by atoms with Crippen LogP contribution in [0.25, 0.3) is 66.4 Å². The molecule has 0 spiro atoms. The summed E-state index contributed by atoms with van der Waals surface area (Å²) in [6, 6.07) is 100.0. The van der Waals surface area contributed by atoms with Crippen molar-refractivity contribution in [2.45, 2.75) is 5.41 Å². The summed E-state index contributed by atoms with van der Waals surface area (Å²) in [4.78, 5) is 2.46. The predicted octanol–water partition coefficient (Wildman–Crippen LogP) is 17.3. The zero-order valence-corrected chi connectivity index (χ0v) is 36.4. The van der Waals surface area contributed by atoms with Gasteiger partial charge in [-0.15, -0.1) is 0 Å². The molecule has 1 aliphatic rings. The fraction of sp³-hybridized carbons (Fsp3) is 0.0154. The lowest BCUT2D eigenvalue weighted by Gasteiger charge is -2.34. The first-order chi connectivity index (χ1) is 32.7. The maximum Gasteiger partial charge on any atom is 0.0714 e. The van der Waals surface area contributed by atoms with Crippen LogP contribution in [0.2, 0.25) is 0 Å². The monoisotopic (exact) mass is 839 g/mol. The van der Waals surface area contributed by atoms with Crippen molar-refractivity contribution in [1.82, 2.24) is 0 Å². The van der Waals surface area contributed by atoms with Crippen LogP contribution in [0.15, 0.2) is 273 Å². The largest absolute Gasteiger partial charge is 0.310 e. The number of nitrogens with zero attached hydrogens (tertiary/aromatic N) is 1. The Bertz CT molecular complexity index is 3460. The van der Waals surface area contributed by atoms with Crippen molar-refractivity contribution in [2.24, 2.45) is 0 Å². The topological polar surface area (TPSA) is 3.24 Å². The Morgan fingerprint density at radius 1 is 0.273 bits per heavy atom. The van der Waals surface area contributed by atoms with Crippen molar-refractivity contribution in [3.63, 3.8) is 0 Å². The number of hydrogen-bond acceptors (Lipinski definition) is 1. The molecule has 0 amide bonds.